The molecule has 5 rings (SSSR count). The highest BCUT2D eigenvalue weighted by atomic mass is 35.5. The normalized spacial score (nSPS) is 16.6. The molecule has 0 spiro atoms. The van der Waals surface area contributed by atoms with Gasteiger partial charge < -0.3 is 20.1 Å². The van der Waals surface area contributed by atoms with E-state index >= 15 is 0 Å². The van der Waals surface area contributed by atoms with Crippen LogP contribution in [0.4, 0.5) is 4.39 Å². The molecule has 7 nitrogen and oxygen atoms in total. The molecule has 202 valence electrons. The number of nitrogens with zero attached hydrogens (tertiary/aromatic N) is 1. The standard InChI is InChI=1S/C30H28ClFN2O5/c31-24-16-21(9-14-26(24)39-23-12-13-23)28(36)25(17-34-15-1-2-27(34)35)33-30(38)29(37)20-5-3-18(4-6-20)19-7-10-22(32)11-8-19/h3-11,14,16,23,25,28,36H,1-2,12-13,15,17H2,(H,33,38). The van der Waals surface area contributed by atoms with Gasteiger partial charge in [0.2, 0.25) is 11.7 Å². The average Bonchev–Trinajstić information content (AvgIpc) is 3.68. The van der Waals surface area contributed by atoms with E-state index in [1.54, 1.807) is 47.4 Å². The van der Waals surface area contributed by atoms with Crippen molar-refractivity contribution in [1.82, 2.24) is 10.2 Å². The topological polar surface area (TPSA) is 95.9 Å². The first-order valence-corrected chi connectivity index (χ1v) is 13.3. The molecule has 0 bridgehead atoms. The van der Waals surface area contributed by atoms with Crippen molar-refractivity contribution in [2.45, 2.75) is 43.9 Å². The summed E-state index contributed by atoms with van der Waals surface area (Å²) in [6.07, 6.45) is 1.96. The third kappa shape index (κ3) is 6.46. The Hall–Kier alpha value is -3.75. The van der Waals surface area contributed by atoms with Gasteiger partial charge >= 0.3 is 0 Å². The molecular formula is C30H28ClFN2O5. The third-order valence-corrected chi connectivity index (χ3v) is 7.23. The summed E-state index contributed by atoms with van der Waals surface area (Å²) in [5.41, 5.74) is 2.12. The van der Waals surface area contributed by atoms with E-state index in [-0.39, 0.29) is 29.9 Å². The number of amides is 2. The Balaban J connectivity index is 1.31. The van der Waals surface area contributed by atoms with Crippen LogP contribution in [0.25, 0.3) is 11.1 Å². The number of ether oxygens (including phenoxy) is 1. The molecule has 0 radical (unpaired) electrons. The third-order valence-electron chi connectivity index (χ3n) is 6.93. The van der Waals surface area contributed by atoms with Crippen LogP contribution < -0.4 is 10.1 Å². The van der Waals surface area contributed by atoms with Crippen molar-refractivity contribution >= 4 is 29.2 Å². The summed E-state index contributed by atoms with van der Waals surface area (Å²) < 4.78 is 19.0. The number of carbonyl (C=O) groups is 3. The van der Waals surface area contributed by atoms with Gasteiger partial charge in [-0.3, -0.25) is 14.4 Å². The van der Waals surface area contributed by atoms with Crippen LogP contribution in [0.1, 0.15) is 47.7 Å². The number of rotatable bonds is 10. The van der Waals surface area contributed by atoms with E-state index < -0.39 is 23.8 Å². The number of ketones is 1. The highest BCUT2D eigenvalue weighted by molar-refractivity contribution is 6.42. The molecule has 1 aliphatic heterocycles. The maximum Gasteiger partial charge on any atom is 0.292 e. The van der Waals surface area contributed by atoms with Gasteiger partial charge in [-0.15, -0.1) is 0 Å². The highest BCUT2D eigenvalue weighted by Crippen LogP contribution is 2.34. The zero-order valence-electron chi connectivity index (χ0n) is 21.1. The first-order valence-electron chi connectivity index (χ1n) is 12.9. The fourth-order valence-electron chi connectivity index (χ4n) is 4.57. The maximum atomic E-state index is 13.2. The Labute approximate surface area is 230 Å². The molecule has 1 heterocycles. The largest absolute Gasteiger partial charge is 0.489 e. The van der Waals surface area contributed by atoms with Crippen molar-refractivity contribution in [3.8, 4) is 16.9 Å². The summed E-state index contributed by atoms with van der Waals surface area (Å²) in [4.78, 5) is 39.9. The van der Waals surface area contributed by atoms with Gasteiger partial charge in [0.15, 0.2) is 0 Å². The molecule has 0 aromatic heterocycles. The van der Waals surface area contributed by atoms with Crippen molar-refractivity contribution in [2.75, 3.05) is 13.1 Å². The van der Waals surface area contributed by atoms with Crippen LogP contribution in [0.3, 0.4) is 0 Å². The molecule has 1 saturated carbocycles. The minimum Gasteiger partial charge on any atom is -0.489 e. The predicted molar refractivity (Wildman–Crippen MR) is 144 cm³/mol. The van der Waals surface area contributed by atoms with E-state index in [4.69, 9.17) is 16.3 Å². The Morgan fingerprint density at radius 1 is 1.05 bits per heavy atom. The number of carbonyl (C=O) groups excluding carboxylic acids is 3. The SMILES string of the molecule is O=C(NC(CN1CCCC1=O)C(O)c1ccc(OC2CC2)c(Cl)c1)C(=O)c1ccc(-c2ccc(F)cc2)cc1. The van der Waals surface area contributed by atoms with Crippen molar-refractivity contribution < 1.29 is 28.6 Å². The summed E-state index contributed by atoms with van der Waals surface area (Å²) in [5.74, 6) is -1.59. The number of aliphatic hydroxyl groups is 1. The predicted octanol–water partition coefficient (Wildman–Crippen LogP) is 4.71. The van der Waals surface area contributed by atoms with Gasteiger partial charge in [0.25, 0.3) is 5.91 Å². The number of hydrogen-bond donors (Lipinski definition) is 2. The Bertz CT molecular complexity index is 1380. The number of Topliss-reactive ketones (excluding diaryl/α,β-unsaturated/α-hetero) is 1. The van der Waals surface area contributed by atoms with E-state index in [0.29, 0.717) is 35.7 Å². The van der Waals surface area contributed by atoms with Crippen molar-refractivity contribution in [2.24, 2.45) is 0 Å². The Morgan fingerprint density at radius 2 is 1.72 bits per heavy atom. The molecule has 3 aromatic rings. The van der Waals surface area contributed by atoms with Crippen molar-refractivity contribution in [3.63, 3.8) is 0 Å². The van der Waals surface area contributed by atoms with Gasteiger partial charge in [-0.25, -0.2) is 4.39 Å². The first kappa shape index (κ1) is 26.8. The van der Waals surface area contributed by atoms with Crippen LogP contribution in [-0.2, 0) is 9.59 Å². The molecular weight excluding hydrogens is 523 g/mol. The van der Waals surface area contributed by atoms with E-state index in [1.165, 1.54) is 24.3 Å². The second-order valence-corrected chi connectivity index (χ2v) is 10.3. The van der Waals surface area contributed by atoms with Crippen LogP contribution in [-0.4, -0.2) is 52.8 Å². The van der Waals surface area contributed by atoms with E-state index in [2.05, 4.69) is 5.32 Å². The fraction of sp³-hybridized carbons (Fsp3) is 0.300. The number of halogens is 2. The summed E-state index contributed by atoms with van der Waals surface area (Å²) in [6.45, 7) is 0.548. The lowest BCUT2D eigenvalue weighted by Gasteiger charge is -2.29. The van der Waals surface area contributed by atoms with Gasteiger partial charge in [-0.05, 0) is 60.2 Å². The van der Waals surface area contributed by atoms with E-state index in [9.17, 15) is 23.9 Å². The molecule has 2 atom stereocenters. The second-order valence-electron chi connectivity index (χ2n) is 9.89. The van der Waals surface area contributed by atoms with Crippen molar-refractivity contribution in [1.29, 1.82) is 0 Å². The molecule has 2 amide bonds. The lowest BCUT2D eigenvalue weighted by Crippen LogP contribution is -2.49. The van der Waals surface area contributed by atoms with Crippen LogP contribution in [0.15, 0.2) is 66.7 Å². The summed E-state index contributed by atoms with van der Waals surface area (Å²) >= 11 is 6.38. The van der Waals surface area contributed by atoms with Gasteiger partial charge in [0, 0.05) is 25.1 Å². The molecule has 2 N–H and O–H groups in total. The zero-order valence-corrected chi connectivity index (χ0v) is 21.9. The lowest BCUT2D eigenvalue weighted by atomic mass is 10.00. The summed E-state index contributed by atoms with van der Waals surface area (Å²) in [5, 5.41) is 14.2. The Morgan fingerprint density at radius 3 is 2.31 bits per heavy atom. The lowest BCUT2D eigenvalue weighted by molar-refractivity contribution is -0.129. The minimum atomic E-state index is -1.23. The number of aliphatic hydroxyl groups excluding tert-OH is 1. The van der Waals surface area contributed by atoms with Crippen LogP contribution in [0.2, 0.25) is 5.02 Å². The fourth-order valence-corrected chi connectivity index (χ4v) is 4.81. The Kier molecular flexibility index (Phi) is 7.95. The number of benzene rings is 3. The quantitative estimate of drug-likeness (QED) is 0.281. The van der Waals surface area contributed by atoms with Crippen LogP contribution in [0, 0.1) is 5.82 Å². The molecule has 2 aliphatic rings. The smallest absolute Gasteiger partial charge is 0.292 e. The second kappa shape index (κ2) is 11.6. The molecule has 3 aromatic carbocycles. The van der Waals surface area contributed by atoms with Crippen LogP contribution in [0.5, 0.6) is 5.75 Å². The monoisotopic (exact) mass is 550 g/mol. The van der Waals surface area contributed by atoms with Crippen LogP contribution >= 0.6 is 11.6 Å². The van der Waals surface area contributed by atoms with Crippen molar-refractivity contribution in [3.05, 3.63) is 88.7 Å². The first-order chi connectivity index (χ1) is 18.8. The minimum absolute atomic E-state index is 0.0421. The summed E-state index contributed by atoms with van der Waals surface area (Å²) in [6, 6.07) is 16.3. The molecule has 2 unspecified atom stereocenters. The maximum absolute atomic E-state index is 13.2. The van der Waals surface area contributed by atoms with Gasteiger partial charge in [-0.1, -0.05) is 54.1 Å². The molecule has 39 heavy (non-hydrogen) atoms. The molecule has 1 saturated heterocycles. The van der Waals surface area contributed by atoms with Gasteiger partial charge in [0.1, 0.15) is 17.7 Å². The zero-order chi connectivity index (χ0) is 27.5. The molecule has 9 heteroatoms. The van der Waals surface area contributed by atoms with E-state index in [0.717, 1.165) is 24.0 Å². The number of nitrogens with one attached hydrogen (secondary N) is 1. The highest BCUT2D eigenvalue weighted by Gasteiger charge is 2.32. The molecule has 2 fully saturated rings. The van der Waals surface area contributed by atoms with Gasteiger partial charge in [-0.2, -0.15) is 0 Å². The average molecular weight is 551 g/mol. The number of hydrogen-bond acceptors (Lipinski definition) is 5. The number of likely N-dealkylation sites (tertiary alicyclic amines) is 1. The van der Waals surface area contributed by atoms with Gasteiger partial charge in [0.05, 0.1) is 17.2 Å². The molecule has 1 aliphatic carbocycles. The van der Waals surface area contributed by atoms with E-state index in [1.807, 2.05) is 0 Å². The summed E-state index contributed by atoms with van der Waals surface area (Å²) in [7, 11) is 0.